The van der Waals surface area contributed by atoms with Crippen LogP contribution in [-0.2, 0) is 4.79 Å². The van der Waals surface area contributed by atoms with Gasteiger partial charge in [0.25, 0.3) is 5.56 Å². The summed E-state index contributed by atoms with van der Waals surface area (Å²) in [6.45, 7) is 1.78. The highest BCUT2D eigenvalue weighted by Crippen LogP contribution is 2.35. The number of nitrogens with one attached hydrogen (secondary N) is 1. The van der Waals surface area contributed by atoms with Crippen molar-refractivity contribution in [3.63, 3.8) is 0 Å². The van der Waals surface area contributed by atoms with E-state index in [1.54, 1.807) is 53.4 Å². The average molecular weight is 517 g/mol. The topological polar surface area (TPSA) is 109 Å². The maximum Gasteiger partial charge on any atom is 0.274 e. The number of para-hydroxylation sites is 1. The van der Waals surface area contributed by atoms with Crippen LogP contribution in [0.4, 0.5) is 10.2 Å². The lowest BCUT2D eigenvalue weighted by atomic mass is 9.99. The van der Waals surface area contributed by atoms with Crippen LogP contribution >= 0.6 is 0 Å². The highest BCUT2D eigenvalue weighted by Gasteiger charge is 2.30. The first-order valence-corrected chi connectivity index (χ1v) is 12.3. The number of carbonyl (C=O) groups is 1. The van der Waals surface area contributed by atoms with Gasteiger partial charge in [0, 0.05) is 43.5 Å². The average Bonchev–Trinajstić information content (AvgIpc) is 3.54. The van der Waals surface area contributed by atoms with Crippen LogP contribution in [0.25, 0.3) is 16.6 Å². The Balaban J connectivity index is 1.45. The molecule has 1 unspecified atom stereocenters. The summed E-state index contributed by atoms with van der Waals surface area (Å²) < 4.78 is 21.5. The lowest BCUT2D eigenvalue weighted by Crippen LogP contribution is -2.27. The van der Waals surface area contributed by atoms with Crippen LogP contribution in [0.5, 0.6) is 11.5 Å². The highest BCUT2D eigenvalue weighted by atomic mass is 19.1. The molecule has 5 rings (SSSR count). The summed E-state index contributed by atoms with van der Waals surface area (Å²) in [5.41, 5.74) is 7.95. The number of ether oxygens (including phenoxy) is 1. The first kappa shape index (κ1) is 25.2. The van der Waals surface area contributed by atoms with Gasteiger partial charge in [0.15, 0.2) is 17.4 Å². The fraction of sp³-hybridized carbons (Fsp3) is 0.250. The van der Waals surface area contributed by atoms with E-state index in [9.17, 15) is 14.0 Å². The molecule has 1 amide bonds. The highest BCUT2D eigenvalue weighted by molar-refractivity contribution is 5.93. The van der Waals surface area contributed by atoms with Crippen molar-refractivity contribution in [3.8, 4) is 17.2 Å². The fourth-order valence-electron chi connectivity index (χ4n) is 4.76. The van der Waals surface area contributed by atoms with Gasteiger partial charge in [-0.05, 0) is 62.5 Å². The zero-order valence-corrected chi connectivity index (χ0v) is 21.2. The molecule has 196 valence electrons. The zero-order valence-electron chi connectivity index (χ0n) is 21.2. The molecular weight excluding hydrogens is 487 g/mol. The molecule has 0 aliphatic carbocycles. The Morgan fingerprint density at radius 3 is 2.74 bits per heavy atom. The lowest BCUT2D eigenvalue weighted by molar-refractivity contribution is -0.125. The molecule has 0 saturated carbocycles. The molecule has 2 aromatic carbocycles. The van der Waals surface area contributed by atoms with E-state index in [2.05, 4.69) is 10.2 Å². The third-order valence-corrected chi connectivity index (χ3v) is 6.63. The van der Waals surface area contributed by atoms with Crippen molar-refractivity contribution in [2.75, 3.05) is 39.5 Å². The molecule has 9 nitrogen and oxygen atoms in total. The summed E-state index contributed by atoms with van der Waals surface area (Å²) >= 11 is 0. The number of nitrogens with two attached hydrogens (primary N) is 1. The number of benzene rings is 2. The van der Waals surface area contributed by atoms with Crippen molar-refractivity contribution < 1.29 is 13.9 Å². The van der Waals surface area contributed by atoms with Gasteiger partial charge in [-0.15, -0.1) is 0 Å². The maximum atomic E-state index is 14.0. The van der Waals surface area contributed by atoms with Crippen LogP contribution in [0.3, 0.4) is 0 Å². The second kappa shape index (κ2) is 10.5. The van der Waals surface area contributed by atoms with E-state index in [1.165, 1.54) is 6.07 Å². The summed E-state index contributed by atoms with van der Waals surface area (Å²) in [7, 11) is 3.89. The van der Waals surface area contributed by atoms with Crippen LogP contribution in [0, 0.1) is 5.82 Å². The van der Waals surface area contributed by atoms with E-state index in [0.717, 1.165) is 17.7 Å². The zero-order chi connectivity index (χ0) is 26.8. The molecule has 1 aliphatic rings. The van der Waals surface area contributed by atoms with E-state index in [-0.39, 0.29) is 29.0 Å². The molecule has 0 bridgehead atoms. The molecule has 10 heteroatoms. The van der Waals surface area contributed by atoms with Crippen molar-refractivity contribution >= 4 is 22.6 Å². The van der Waals surface area contributed by atoms with Gasteiger partial charge in [0.05, 0.1) is 5.39 Å². The second-order valence-electron chi connectivity index (χ2n) is 9.58. The number of hydrogen-bond acceptors (Lipinski definition) is 6. The van der Waals surface area contributed by atoms with Gasteiger partial charge in [0.2, 0.25) is 5.91 Å². The van der Waals surface area contributed by atoms with Crippen LogP contribution in [0.1, 0.15) is 17.9 Å². The Labute approximate surface area is 218 Å². The molecule has 0 radical (unpaired) electrons. The van der Waals surface area contributed by atoms with Gasteiger partial charge in [-0.25, -0.2) is 9.49 Å². The van der Waals surface area contributed by atoms with E-state index in [1.807, 2.05) is 35.8 Å². The van der Waals surface area contributed by atoms with Gasteiger partial charge >= 0.3 is 0 Å². The number of aromatic nitrogens is 3. The predicted octanol–water partition coefficient (Wildman–Crippen LogP) is 3.66. The molecule has 1 atom stereocenters. The van der Waals surface area contributed by atoms with Crippen LogP contribution in [-0.4, -0.2) is 64.2 Å². The molecule has 1 aliphatic heterocycles. The third kappa shape index (κ3) is 5.03. The molecule has 1 fully saturated rings. The normalized spacial score (nSPS) is 15.7. The number of halogens is 1. The van der Waals surface area contributed by atoms with Crippen molar-refractivity contribution in [1.82, 2.24) is 24.6 Å². The Morgan fingerprint density at radius 2 is 2.00 bits per heavy atom. The van der Waals surface area contributed by atoms with Gasteiger partial charge in [-0.1, -0.05) is 18.2 Å². The van der Waals surface area contributed by atoms with E-state index >= 15 is 0 Å². The SMILES string of the molecule is CN(C)CC=CC(=O)N1CCC(c2cn(-c3ccc(Oc4ccccc4F)cc3)c3c(N)n[nH]c(=O)c23)C1. The van der Waals surface area contributed by atoms with Crippen LogP contribution in [0.15, 0.2) is 71.7 Å². The third-order valence-electron chi connectivity index (χ3n) is 6.63. The number of anilines is 1. The summed E-state index contributed by atoms with van der Waals surface area (Å²) in [4.78, 5) is 29.4. The smallest absolute Gasteiger partial charge is 0.274 e. The molecule has 3 heterocycles. The predicted molar refractivity (Wildman–Crippen MR) is 144 cm³/mol. The molecule has 2 aromatic heterocycles. The minimum atomic E-state index is -0.451. The molecular formula is C28H29FN6O3. The monoisotopic (exact) mass is 516 g/mol. The van der Waals surface area contributed by atoms with Crippen LogP contribution in [0.2, 0.25) is 0 Å². The Hall–Kier alpha value is -4.44. The first-order valence-electron chi connectivity index (χ1n) is 12.3. The number of nitrogens with zero attached hydrogens (tertiary/aromatic N) is 4. The maximum absolute atomic E-state index is 14.0. The Morgan fingerprint density at radius 1 is 1.24 bits per heavy atom. The largest absolute Gasteiger partial charge is 0.454 e. The number of hydrogen-bond donors (Lipinski definition) is 2. The van der Waals surface area contributed by atoms with E-state index < -0.39 is 5.82 Å². The summed E-state index contributed by atoms with van der Waals surface area (Å²) in [5.74, 6) is 0.260. The molecule has 4 aromatic rings. The Kier molecular flexibility index (Phi) is 6.97. The van der Waals surface area contributed by atoms with Crippen molar-refractivity contribution in [2.45, 2.75) is 12.3 Å². The van der Waals surface area contributed by atoms with E-state index in [0.29, 0.717) is 36.3 Å². The molecule has 38 heavy (non-hydrogen) atoms. The molecule has 1 saturated heterocycles. The fourth-order valence-corrected chi connectivity index (χ4v) is 4.76. The number of aromatic amines is 1. The molecule has 0 spiro atoms. The number of likely N-dealkylation sites (N-methyl/N-ethyl adjacent to an activating group) is 1. The standard InChI is InChI=1S/C28H29FN6O3/c1-33(2)14-5-8-24(36)34-15-13-18(16-34)21-17-35(26-25(21)28(37)32-31-27(26)30)19-9-11-20(12-10-19)38-23-7-4-3-6-22(23)29/h3-12,17-18H,13-16H2,1-2H3,(H2,30,31)(H,32,37). The quantitative estimate of drug-likeness (QED) is 0.363. The van der Waals surface area contributed by atoms with Crippen molar-refractivity contribution in [2.24, 2.45) is 0 Å². The summed E-state index contributed by atoms with van der Waals surface area (Å²) in [6, 6.07) is 13.2. The number of fused-ring (bicyclic) bond motifs is 1. The number of nitrogen functional groups attached to an aromatic ring is 1. The van der Waals surface area contributed by atoms with Crippen molar-refractivity contribution in [3.05, 3.63) is 88.6 Å². The van der Waals surface area contributed by atoms with Crippen LogP contribution < -0.4 is 16.0 Å². The molecule has 3 N–H and O–H groups in total. The number of amides is 1. The van der Waals surface area contributed by atoms with Gasteiger partial charge in [-0.2, -0.15) is 5.10 Å². The van der Waals surface area contributed by atoms with E-state index in [4.69, 9.17) is 10.5 Å². The minimum absolute atomic E-state index is 0.0310. The number of carbonyl (C=O) groups excluding carboxylic acids is 1. The minimum Gasteiger partial charge on any atom is -0.454 e. The first-order chi connectivity index (χ1) is 18.3. The number of likely N-dealkylation sites (tertiary alicyclic amines) is 1. The second-order valence-corrected chi connectivity index (χ2v) is 9.58. The summed E-state index contributed by atoms with van der Waals surface area (Å²) in [5, 5.41) is 6.94. The van der Waals surface area contributed by atoms with Crippen molar-refractivity contribution in [1.29, 1.82) is 0 Å². The number of rotatable bonds is 7. The van der Waals surface area contributed by atoms with Gasteiger partial charge in [0.1, 0.15) is 11.3 Å². The number of H-pyrrole nitrogens is 1. The summed E-state index contributed by atoms with van der Waals surface area (Å²) in [6.07, 6.45) is 6.07. The Bertz CT molecular complexity index is 1560. The van der Waals surface area contributed by atoms with Gasteiger partial charge < -0.3 is 24.8 Å². The lowest BCUT2D eigenvalue weighted by Gasteiger charge is -2.14. The van der Waals surface area contributed by atoms with Gasteiger partial charge in [-0.3, -0.25) is 9.59 Å².